The maximum atomic E-state index is 10.8. The van der Waals surface area contributed by atoms with Crippen LogP contribution < -0.4 is 0 Å². The zero-order valence-corrected chi connectivity index (χ0v) is 12.9. The monoisotopic (exact) mass is 305 g/mol. The fourth-order valence-corrected chi connectivity index (χ4v) is 3.47. The van der Waals surface area contributed by atoms with Gasteiger partial charge in [-0.2, -0.15) is 5.11 Å². The first kappa shape index (κ1) is 14.0. The Morgan fingerprint density at radius 2 is 1.57 bits per heavy atom. The van der Waals surface area contributed by atoms with Crippen LogP contribution in [0.1, 0.15) is 31.7 Å². The molecular weight excluding hydrogens is 286 g/mol. The van der Waals surface area contributed by atoms with E-state index in [1.54, 1.807) is 0 Å². The molecule has 0 amide bonds. The van der Waals surface area contributed by atoms with Crippen molar-refractivity contribution in [3.05, 3.63) is 54.6 Å². The highest BCUT2D eigenvalue weighted by Crippen LogP contribution is 2.44. The first-order chi connectivity index (χ1) is 11.3. The summed E-state index contributed by atoms with van der Waals surface area (Å²) in [6.45, 7) is 0. The Labute approximate surface area is 135 Å². The second-order valence-corrected chi connectivity index (χ2v) is 6.03. The molecule has 0 unspecified atom stereocenters. The van der Waals surface area contributed by atoms with E-state index in [1.165, 1.54) is 12.8 Å². The van der Waals surface area contributed by atoms with Crippen molar-refractivity contribution in [3.63, 3.8) is 0 Å². The first-order valence-electron chi connectivity index (χ1n) is 8.13. The van der Waals surface area contributed by atoms with Gasteiger partial charge in [-0.15, -0.1) is 5.11 Å². The van der Waals surface area contributed by atoms with E-state index in [-0.39, 0.29) is 5.88 Å². The molecular formula is C19H19N3O. The molecule has 3 aromatic rings. The lowest BCUT2D eigenvalue weighted by molar-refractivity contribution is 0.390. The number of fused-ring (bicyclic) bond motifs is 1. The standard InChI is InChI=1S/C19H19N3O/c23-19-18(21-20-14-8-2-1-3-9-14)16-12-6-7-13-17(16)22(19)15-10-4-5-11-15/h1-3,6-9,12-13,15,23H,4-5,10-11H2. The molecule has 0 atom stereocenters. The second kappa shape index (κ2) is 5.88. The van der Waals surface area contributed by atoms with Gasteiger partial charge in [-0.3, -0.25) is 0 Å². The van der Waals surface area contributed by atoms with Crippen LogP contribution in [0, 0.1) is 0 Å². The fourth-order valence-electron chi connectivity index (χ4n) is 3.47. The van der Waals surface area contributed by atoms with Gasteiger partial charge in [0, 0.05) is 11.4 Å². The van der Waals surface area contributed by atoms with Crippen LogP contribution in [0.4, 0.5) is 11.4 Å². The van der Waals surface area contributed by atoms with Crippen LogP contribution in [0.25, 0.3) is 10.9 Å². The lowest BCUT2D eigenvalue weighted by Crippen LogP contribution is -2.03. The molecule has 1 aliphatic rings. The normalized spacial score (nSPS) is 15.8. The minimum absolute atomic E-state index is 0.234. The van der Waals surface area contributed by atoms with Crippen LogP contribution in [0.2, 0.25) is 0 Å². The molecule has 0 radical (unpaired) electrons. The molecule has 1 aromatic heterocycles. The Kier molecular flexibility index (Phi) is 3.58. The summed E-state index contributed by atoms with van der Waals surface area (Å²) in [5.74, 6) is 0.234. The van der Waals surface area contributed by atoms with Crippen LogP contribution in [-0.4, -0.2) is 9.67 Å². The summed E-state index contributed by atoms with van der Waals surface area (Å²) >= 11 is 0. The number of hydrogen-bond acceptors (Lipinski definition) is 3. The van der Waals surface area contributed by atoms with Crippen LogP contribution in [0.5, 0.6) is 5.88 Å². The summed E-state index contributed by atoms with van der Waals surface area (Å²) in [7, 11) is 0. The maximum Gasteiger partial charge on any atom is 0.221 e. The topological polar surface area (TPSA) is 49.9 Å². The Hall–Kier alpha value is -2.62. The molecule has 4 rings (SSSR count). The second-order valence-electron chi connectivity index (χ2n) is 6.03. The molecule has 2 aromatic carbocycles. The maximum absolute atomic E-state index is 10.8. The number of azo groups is 1. The average Bonchev–Trinajstić information content (AvgIpc) is 3.20. The summed E-state index contributed by atoms with van der Waals surface area (Å²) in [5, 5.41) is 20.3. The zero-order valence-electron chi connectivity index (χ0n) is 12.9. The zero-order chi connectivity index (χ0) is 15.6. The number of benzene rings is 2. The van der Waals surface area contributed by atoms with Crippen LogP contribution >= 0.6 is 0 Å². The minimum atomic E-state index is 0.234. The molecule has 23 heavy (non-hydrogen) atoms. The number of aromatic hydroxyl groups is 1. The predicted molar refractivity (Wildman–Crippen MR) is 91.7 cm³/mol. The number of aromatic nitrogens is 1. The van der Waals surface area contributed by atoms with Gasteiger partial charge in [-0.25, -0.2) is 0 Å². The molecule has 1 N–H and O–H groups in total. The Bertz CT molecular complexity index is 846. The lowest BCUT2D eigenvalue weighted by Gasteiger charge is -2.14. The number of rotatable bonds is 3. The van der Waals surface area contributed by atoms with E-state index >= 15 is 0 Å². The highest BCUT2D eigenvalue weighted by Gasteiger charge is 2.24. The molecule has 0 bridgehead atoms. The molecule has 1 saturated carbocycles. The van der Waals surface area contributed by atoms with Gasteiger partial charge in [0.2, 0.25) is 5.88 Å². The Morgan fingerprint density at radius 3 is 2.35 bits per heavy atom. The van der Waals surface area contributed by atoms with E-state index in [9.17, 15) is 5.11 Å². The van der Waals surface area contributed by atoms with Crippen molar-refractivity contribution in [3.8, 4) is 5.88 Å². The average molecular weight is 305 g/mol. The van der Waals surface area contributed by atoms with Gasteiger partial charge in [0.15, 0.2) is 5.69 Å². The van der Waals surface area contributed by atoms with E-state index in [2.05, 4.69) is 16.3 Å². The predicted octanol–water partition coefficient (Wildman–Crippen LogP) is 5.88. The number of nitrogens with zero attached hydrogens (tertiary/aromatic N) is 3. The van der Waals surface area contributed by atoms with E-state index in [0.717, 1.165) is 29.4 Å². The van der Waals surface area contributed by atoms with Crippen molar-refractivity contribution in [1.82, 2.24) is 4.57 Å². The van der Waals surface area contributed by atoms with Gasteiger partial charge in [0.05, 0.1) is 11.2 Å². The third-order valence-electron chi connectivity index (χ3n) is 4.57. The Morgan fingerprint density at radius 1 is 0.870 bits per heavy atom. The molecule has 0 spiro atoms. The van der Waals surface area contributed by atoms with Gasteiger partial charge < -0.3 is 9.67 Å². The van der Waals surface area contributed by atoms with Crippen LogP contribution in [0.15, 0.2) is 64.8 Å². The molecule has 1 heterocycles. The quantitative estimate of drug-likeness (QED) is 0.604. The van der Waals surface area contributed by atoms with Gasteiger partial charge in [-0.05, 0) is 31.0 Å². The largest absolute Gasteiger partial charge is 0.493 e. The molecule has 1 fully saturated rings. The van der Waals surface area contributed by atoms with Crippen molar-refractivity contribution < 1.29 is 5.11 Å². The minimum Gasteiger partial charge on any atom is -0.493 e. The van der Waals surface area contributed by atoms with E-state index in [4.69, 9.17) is 0 Å². The summed E-state index contributed by atoms with van der Waals surface area (Å²) in [6, 6.07) is 18.0. The van der Waals surface area contributed by atoms with Gasteiger partial charge in [0.25, 0.3) is 0 Å². The van der Waals surface area contributed by atoms with E-state index in [0.29, 0.717) is 11.7 Å². The smallest absolute Gasteiger partial charge is 0.221 e. The molecule has 1 aliphatic carbocycles. The van der Waals surface area contributed by atoms with Gasteiger partial charge in [0.1, 0.15) is 0 Å². The molecule has 116 valence electrons. The van der Waals surface area contributed by atoms with Crippen molar-refractivity contribution in [2.24, 2.45) is 10.2 Å². The fraction of sp³-hybridized carbons (Fsp3) is 0.263. The number of hydrogen-bond donors (Lipinski definition) is 1. The lowest BCUT2D eigenvalue weighted by atomic mass is 10.2. The third kappa shape index (κ3) is 2.50. The first-order valence-corrected chi connectivity index (χ1v) is 8.13. The highest BCUT2D eigenvalue weighted by atomic mass is 16.3. The Balaban J connectivity index is 1.83. The van der Waals surface area contributed by atoms with Crippen molar-refractivity contribution in [1.29, 1.82) is 0 Å². The SMILES string of the molecule is Oc1c(N=Nc2ccccc2)c2ccccc2n1C1CCCC1. The molecule has 4 heteroatoms. The molecule has 0 saturated heterocycles. The number of para-hydroxylation sites is 1. The summed E-state index contributed by atoms with van der Waals surface area (Å²) in [6.07, 6.45) is 4.66. The van der Waals surface area contributed by atoms with Gasteiger partial charge >= 0.3 is 0 Å². The molecule has 0 aliphatic heterocycles. The van der Waals surface area contributed by atoms with E-state index < -0.39 is 0 Å². The molecule has 4 nitrogen and oxygen atoms in total. The summed E-state index contributed by atoms with van der Waals surface area (Å²) in [4.78, 5) is 0. The van der Waals surface area contributed by atoms with Crippen molar-refractivity contribution in [2.45, 2.75) is 31.7 Å². The summed E-state index contributed by atoms with van der Waals surface area (Å²) < 4.78 is 2.04. The third-order valence-corrected chi connectivity index (χ3v) is 4.57. The van der Waals surface area contributed by atoms with Crippen molar-refractivity contribution in [2.75, 3.05) is 0 Å². The summed E-state index contributed by atoms with van der Waals surface area (Å²) in [5.41, 5.74) is 2.39. The van der Waals surface area contributed by atoms with Crippen LogP contribution in [0.3, 0.4) is 0 Å². The van der Waals surface area contributed by atoms with E-state index in [1.807, 2.05) is 53.1 Å². The van der Waals surface area contributed by atoms with Crippen LogP contribution in [-0.2, 0) is 0 Å². The van der Waals surface area contributed by atoms with Crippen molar-refractivity contribution >= 4 is 22.3 Å². The highest BCUT2D eigenvalue weighted by molar-refractivity contribution is 5.95. The van der Waals surface area contributed by atoms with Gasteiger partial charge in [-0.1, -0.05) is 49.2 Å².